The van der Waals surface area contributed by atoms with E-state index in [1.165, 1.54) is 6.42 Å². The van der Waals surface area contributed by atoms with Crippen LogP contribution in [0.2, 0.25) is 0 Å². The molecule has 1 saturated carbocycles. The molecule has 0 aromatic heterocycles. The van der Waals surface area contributed by atoms with Gasteiger partial charge in [-0.05, 0) is 12.8 Å². The zero-order valence-electron chi connectivity index (χ0n) is 6.86. The summed E-state index contributed by atoms with van der Waals surface area (Å²) in [5.41, 5.74) is 0.162. The van der Waals surface area contributed by atoms with Crippen LogP contribution < -0.4 is 0 Å². The van der Waals surface area contributed by atoms with Gasteiger partial charge in [0.25, 0.3) is 6.43 Å². The molecule has 0 aromatic carbocycles. The number of halogens is 3. The lowest BCUT2D eigenvalue weighted by molar-refractivity contribution is -0.0372. The summed E-state index contributed by atoms with van der Waals surface area (Å²) in [5, 5.41) is 0.864. The predicted octanol–water partition coefficient (Wildman–Crippen LogP) is 2.83. The van der Waals surface area contributed by atoms with E-state index < -0.39 is 13.0 Å². The van der Waals surface area contributed by atoms with Gasteiger partial charge in [-0.2, -0.15) is 0 Å². The third kappa shape index (κ3) is 2.66. The van der Waals surface area contributed by atoms with Crippen LogP contribution in [-0.2, 0) is 4.74 Å². The molecule has 0 amide bonds. The van der Waals surface area contributed by atoms with Gasteiger partial charge in [0.1, 0.15) is 6.61 Å². The second kappa shape index (κ2) is 4.51. The highest BCUT2D eigenvalue weighted by Crippen LogP contribution is 2.42. The van der Waals surface area contributed by atoms with Crippen molar-refractivity contribution in [2.75, 3.05) is 18.5 Å². The zero-order valence-corrected chi connectivity index (χ0v) is 8.45. The molecule has 0 spiro atoms. The summed E-state index contributed by atoms with van der Waals surface area (Å²) in [6, 6.07) is 0. The molecule has 72 valence electrons. The molecule has 0 unspecified atom stereocenters. The monoisotopic (exact) mass is 242 g/mol. The summed E-state index contributed by atoms with van der Waals surface area (Å²) in [6.45, 7) is 0.0529. The van der Waals surface area contributed by atoms with Crippen LogP contribution in [-0.4, -0.2) is 25.0 Å². The van der Waals surface area contributed by atoms with Gasteiger partial charge in [0.15, 0.2) is 0 Å². The standard InChI is InChI=1S/C8H13BrF2O/c9-5-8(2-1-3-8)6-12-4-7(10)11/h7H,1-6H2. The van der Waals surface area contributed by atoms with Crippen LogP contribution in [0, 0.1) is 5.41 Å². The fraction of sp³-hybridized carbons (Fsp3) is 1.00. The molecule has 0 aliphatic heterocycles. The quantitative estimate of drug-likeness (QED) is 0.674. The Hall–Kier alpha value is 0.300. The second-order valence-corrected chi connectivity index (χ2v) is 3.95. The highest BCUT2D eigenvalue weighted by molar-refractivity contribution is 9.09. The molecule has 0 N–H and O–H groups in total. The van der Waals surface area contributed by atoms with Crippen molar-refractivity contribution in [2.45, 2.75) is 25.7 Å². The first kappa shape index (κ1) is 10.4. The Morgan fingerprint density at radius 2 is 2.08 bits per heavy atom. The van der Waals surface area contributed by atoms with E-state index in [0.29, 0.717) is 6.61 Å². The van der Waals surface area contributed by atoms with Crippen LogP contribution >= 0.6 is 15.9 Å². The molecule has 0 saturated heterocycles. The van der Waals surface area contributed by atoms with Crippen LogP contribution in [0.3, 0.4) is 0 Å². The molecule has 1 nitrogen and oxygen atoms in total. The number of hydrogen-bond acceptors (Lipinski definition) is 1. The van der Waals surface area contributed by atoms with Gasteiger partial charge in [-0.25, -0.2) is 8.78 Å². The van der Waals surface area contributed by atoms with Crippen molar-refractivity contribution < 1.29 is 13.5 Å². The summed E-state index contributed by atoms with van der Waals surface area (Å²) in [4.78, 5) is 0. The first-order chi connectivity index (χ1) is 5.68. The molecule has 0 aromatic rings. The molecule has 0 heterocycles. The lowest BCUT2D eigenvalue weighted by Crippen LogP contribution is -2.36. The number of ether oxygens (including phenoxy) is 1. The van der Waals surface area contributed by atoms with E-state index in [2.05, 4.69) is 15.9 Å². The van der Waals surface area contributed by atoms with Crippen molar-refractivity contribution >= 4 is 15.9 Å². The Kier molecular flexibility index (Phi) is 3.90. The van der Waals surface area contributed by atoms with Crippen molar-refractivity contribution in [2.24, 2.45) is 5.41 Å². The van der Waals surface area contributed by atoms with Crippen LogP contribution in [0.15, 0.2) is 0 Å². The van der Waals surface area contributed by atoms with E-state index in [0.717, 1.165) is 18.2 Å². The summed E-state index contributed by atoms with van der Waals surface area (Å²) in [7, 11) is 0. The lowest BCUT2D eigenvalue weighted by Gasteiger charge is -2.40. The Morgan fingerprint density at radius 3 is 2.42 bits per heavy atom. The van der Waals surface area contributed by atoms with Crippen LogP contribution in [0.4, 0.5) is 8.78 Å². The van der Waals surface area contributed by atoms with Crippen molar-refractivity contribution in [3.63, 3.8) is 0 Å². The largest absolute Gasteiger partial charge is 0.375 e. The SMILES string of the molecule is FC(F)COCC1(CBr)CCC1. The van der Waals surface area contributed by atoms with E-state index >= 15 is 0 Å². The molecule has 0 bridgehead atoms. The second-order valence-electron chi connectivity index (χ2n) is 3.39. The third-order valence-corrected chi connectivity index (χ3v) is 3.54. The molecule has 1 aliphatic rings. The highest BCUT2D eigenvalue weighted by Gasteiger charge is 2.36. The fourth-order valence-corrected chi connectivity index (χ4v) is 2.08. The maximum absolute atomic E-state index is 11.7. The molecular formula is C8H13BrF2O. The third-order valence-electron chi connectivity index (χ3n) is 2.35. The Balaban J connectivity index is 2.12. The van der Waals surface area contributed by atoms with Gasteiger partial charge in [0, 0.05) is 10.7 Å². The van der Waals surface area contributed by atoms with E-state index in [4.69, 9.17) is 4.74 Å². The smallest absolute Gasteiger partial charge is 0.261 e. The number of hydrogen-bond donors (Lipinski definition) is 0. The first-order valence-electron chi connectivity index (χ1n) is 4.10. The molecule has 1 rings (SSSR count). The number of rotatable bonds is 5. The molecule has 1 fully saturated rings. The van der Waals surface area contributed by atoms with Crippen molar-refractivity contribution in [3.05, 3.63) is 0 Å². The van der Waals surface area contributed by atoms with Crippen LogP contribution in [0.25, 0.3) is 0 Å². The fourth-order valence-electron chi connectivity index (χ4n) is 1.36. The van der Waals surface area contributed by atoms with Crippen molar-refractivity contribution in [1.29, 1.82) is 0 Å². The minimum atomic E-state index is -2.34. The van der Waals surface area contributed by atoms with E-state index in [-0.39, 0.29) is 5.41 Å². The minimum Gasteiger partial charge on any atom is -0.375 e. The maximum atomic E-state index is 11.7. The Bertz CT molecular complexity index is 132. The Morgan fingerprint density at radius 1 is 1.42 bits per heavy atom. The van der Waals surface area contributed by atoms with Gasteiger partial charge in [-0.1, -0.05) is 22.4 Å². The van der Waals surface area contributed by atoms with Gasteiger partial charge in [0.05, 0.1) is 6.61 Å². The summed E-state index contributed by atoms with van der Waals surface area (Å²) in [5.74, 6) is 0. The molecule has 4 heteroatoms. The van der Waals surface area contributed by atoms with Gasteiger partial charge in [-0.15, -0.1) is 0 Å². The zero-order chi connectivity index (χ0) is 9.03. The van der Waals surface area contributed by atoms with Crippen LogP contribution in [0.1, 0.15) is 19.3 Å². The van der Waals surface area contributed by atoms with Crippen LogP contribution in [0.5, 0.6) is 0 Å². The lowest BCUT2D eigenvalue weighted by atomic mass is 9.71. The van der Waals surface area contributed by atoms with Gasteiger partial charge >= 0.3 is 0 Å². The van der Waals surface area contributed by atoms with E-state index in [1.54, 1.807) is 0 Å². The van der Waals surface area contributed by atoms with Crippen molar-refractivity contribution in [1.82, 2.24) is 0 Å². The highest BCUT2D eigenvalue weighted by atomic mass is 79.9. The molecule has 0 radical (unpaired) electrons. The number of alkyl halides is 3. The van der Waals surface area contributed by atoms with E-state index in [9.17, 15) is 8.78 Å². The molecule has 12 heavy (non-hydrogen) atoms. The van der Waals surface area contributed by atoms with E-state index in [1.807, 2.05) is 0 Å². The Labute approximate surface area is 79.6 Å². The summed E-state index contributed by atoms with van der Waals surface area (Å²) >= 11 is 3.38. The molecule has 0 atom stereocenters. The summed E-state index contributed by atoms with van der Waals surface area (Å²) in [6.07, 6.45) is 1.06. The average molecular weight is 243 g/mol. The molecule has 1 aliphatic carbocycles. The minimum absolute atomic E-state index is 0.162. The van der Waals surface area contributed by atoms with Crippen molar-refractivity contribution in [3.8, 4) is 0 Å². The first-order valence-corrected chi connectivity index (χ1v) is 5.22. The summed E-state index contributed by atoms with van der Waals surface area (Å²) < 4.78 is 28.3. The van der Waals surface area contributed by atoms with Gasteiger partial charge < -0.3 is 4.74 Å². The molecular weight excluding hydrogens is 230 g/mol. The normalized spacial score (nSPS) is 21.0. The predicted molar refractivity (Wildman–Crippen MR) is 46.9 cm³/mol. The average Bonchev–Trinajstić information content (AvgIpc) is 1.94. The maximum Gasteiger partial charge on any atom is 0.261 e. The topological polar surface area (TPSA) is 9.23 Å². The van der Waals surface area contributed by atoms with Gasteiger partial charge in [-0.3, -0.25) is 0 Å². The van der Waals surface area contributed by atoms with Gasteiger partial charge in [0.2, 0.25) is 0 Å².